The Bertz CT molecular complexity index is 611. The van der Waals surface area contributed by atoms with E-state index in [4.69, 9.17) is 5.73 Å². The maximum absolute atomic E-state index is 12.7. The molecule has 8 heteroatoms. The molecule has 0 saturated carbocycles. The summed E-state index contributed by atoms with van der Waals surface area (Å²) in [5.41, 5.74) is 5.72. The normalized spacial score (nSPS) is 24.0. The number of thiophene rings is 1. The first-order valence-electron chi connectivity index (χ1n) is 6.77. The number of carbonyl (C=O) groups is 1. The number of esters is 1. The molecule has 6 nitrogen and oxygen atoms in total. The van der Waals surface area contributed by atoms with Crippen LogP contribution in [0.2, 0.25) is 0 Å². The van der Waals surface area contributed by atoms with Crippen molar-refractivity contribution in [3.05, 3.63) is 16.3 Å². The lowest BCUT2D eigenvalue weighted by atomic mass is 9.88. The summed E-state index contributed by atoms with van der Waals surface area (Å²) in [5.74, 6) is -0.0675. The van der Waals surface area contributed by atoms with Gasteiger partial charge in [0.15, 0.2) is 0 Å². The minimum absolute atomic E-state index is 0.0321. The highest BCUT2D eigenvalue weighted by Gasteiger charge is 2.35. The van der Waals surface area contributed by atoms with Gasteiger partial charge < -0.3 is 10.5 Å². The minimum Gasteiger partial charge on any atom is -0.465 e. The van der Waals surface area contributed by atoms with Crippen LogP contribution in [0.25, 0.3) is 0 Å². The first-order chi connectivity index (χ1) is 9.91. The van der Waals surface area contributed by atoms with Gasteiger partial charge in [0.25, 0.3) is 0 Å². The number of nitrogens with two attached hydrogens (primary N) is 1. The number of hydrogen-bond donors (Lipinski definition) is 1. The standard InChI is InChI=1S/C13H20N2O4S2/c1-9-3-5-15(8-10(9)7-14)21(17,18)11-4-6-20-12(11)13(16)19-2/h4,6,9-10H,3,5,7-8,14H2,1-2H3. The summed E-state index contributed by atoms with van der Waals surface area (Å²) in [7, 11) is -2.44. The lowest BCUT2D eigenvalue weighted by Gasteiger charge is -2.35. The Kier molecular flexibility index (Phi) is 5.03. The van der Waals surface area contributed by atoms with Crippen molar-refractivity contribution < 1.29 is 17.9 Å². The molecule has 2 rings (SSSR count). The van der Waals surface area contributed by atoms with Gasteiger partial charge in [-0.25, -0.2) is 13.2 Å². The Morgan fingerprint density at radius 1 is 1.57 bits per heavy atom. The van der Waals surface area contributed by atoms with E-state index in [1.165, 1.54) is 17.5 Å². The number of rotatable bonds is 4. The predicted octanol–water partition coefficient (Wildman–Crippen LogP) is 1.14. The second-order valence-electron chi connectivity index (χ2n) is 5.23. The second kappa shape index (κ2) is 6.43. The third kappa shape index (κ3) is 3.13. The summed E-state index contributed by atoms with van der Waals surface area (Å²) >= 11 is 1.08. The number of ether oxygens (including phenoxy) is 1. The molecule has 0 bridgehead atoms. The number of nitrogens with zero attached hydrogens (tertiary/aromatic N) is 1. The molecule has 0 aromatic carbocycles. The van der Waals surface area contributed by atoms with Gasteiger partial charge in [-0.3, -0.25) is 0 Å². The van der Waals surface area contributed by atoms with Crippen molar-refractivity contribution in [2.24, 2.45) is 17.6 Å². The molecule has 1 saturated heterocycles. The molecule has 21 heavy (non-hydrogen) atoms. The SMILES string of the molecule is COC(=O)c1sccc1S(=O)(=O)N1CCC(C)C(CN)C1. The van der Waals surface area contributed by atoms with Crippen LogP contribution in [-0.4, -0.2) is 45.4 Å². The van der Waals surface area contributed by atoms with E-state index in [9.17, 15) is 13.2 Å². The molecule has 0 amide bonds. The Labute approximate surface area is 128 Å². The molecule has 1 aliphatic rings. The van der Waals surface area contributed by atoms with Crippen LogP contribution in [0.5, 0.6) is 0 Å². The van der Waals surface area contributed by atoms with Gasteiger partial charge in [0.05, 0.1) is 7.11 Å². The zero-order valence-corrected chi connectivity index (χ0v) is 13.7. The highest BCUT2D eigenvalue weighted by atomic mass is 32.2. The Balaban J connectivity index is 2.31. The van der Waals surface area contributed by atoms with Crippen LogP contribution in [0.15, 0.2) is 16.3 Å². The highest BCUT2D eigenvalue weighted by Crippen LogP contribution is 2.30. The molecule has 1 aromatic rings. The molecule has 2 unspecified atom stereocenters. The predicted molar refractivity (Wildman–Crippen MR) is 80.7 cm³/mol. The van der Waals surface area contributed by atoms with E-state index in [1.807, 2.05) is 0 Å². The van der Waals surface area contributed by atoms with Gasteiger partial charge in [-0.15, -0.1) is 11.3 Å². The zero-order chi connectivity index (χ0) is 15.6. The van der Waals surface area contributed by atoms with Gasteiger partial charge >= 0.3 is 5.97 Å². The van der Waals surface area contributed by atoms with Gasteiger partial charge in [0.1, 0.15) is 9.77 Å². The smallest absolute Gasteiger partial charge is 0.349 e. The second-order valence-corrected chi connectivity index (χ2v) is 8.05. The van der Waals surface area contributed by atoms with Crippen molar-refractivity contribution in [3.8, 4) is 0 Å². The molecule has 1 aliphatic heterocycles. The van der Waals surface area contributed by atoms with Gasteiger partial charge in [0.2, 0.25) is 10.0 Å². The molecule has 2 N–H and O–H groups in total. The van der Waals surface area contributed by atoms with E-state index < -0.39 is 16.0 Å². The van der Waals surface area contributed by atoms with Crippen molar-refractivity contribution in [2.45, 2.75) is 18.2 Å². The molecule has 0 spiro atoms. The fourth-order valence-electron chi connectivity index (χ4n) is 2.52. The average Bonchev–Trinajstić information content (AvgIpc) is 2.97. The summed E-state index contributed by atoms with van der Waals surface area (Å²) in [4.78, 5) is 11.8. The molecule has 2 atom stereocenters. The molecule has 0 radical (unpaired) electrons. The van der Waals surface area contributed by atoms with Crippen molar-refractivity contribution in [1.29, 1.82) is 0 Å². The van der Waals surface area contributed by atoms with E-state index in [2.05, 4.69) is 11.7 Å². The van der Waals surface area contributed by atoms with E-state index in [1.54, 1.807) is 5.38 Å². The molecule has 118 valence electrons. The lowest BCUT2D eigenvalue weighted by molar-refractivity contribution is 0.0602. The molecular weight excluding hydrogens is 312 g/mol. The number of piperidine rings is 1. The topological polar surface area (TPSA) is 89.7 Å². The van der Waals surface area contributed by atoms with Crippen LogP contribution in [0.3, 0.4) is 0 Å². The van der Waals surface area contributed by atoms with Crippen molar-refractivity contribution in [1.82, 2.24) is 4.31 Å². The lowest BCUT2D eigenvalue weighted by Crippen LogP contribution is -2.45. The summed E-state index contributed by atoms with van der Waals surface area (Å²) < 4.78 is 31.6. The van der Waals surface area contributed by atoms with E-state index in [0.717, 1.165) is 17.8 Å². The number of sulfonamides is 1. The Hall–Kier alpha value is -0.960. The monoisotopic (exact) mass is 332 g/mol. The fourth-order valence-corrected chi connectivity index (χ4v) is 5.34. The van der Waals surface area contributed by atoms with Crippen LogP contribution >= 0.6 is 11.3 Å². The molecule has 1 aromatic heterocycles. The van der Waals surface area contributed by atoms with Crippen LogP contribution in [0.1, 0.15) is 23.0 Å². The number of hydrogen-bond acceptors (Lipinski definition) is 6. The summed E-state index contributed by atoms with van der Waals surface area (Å²) in [5, 5.41) is 1.59. The van der Waals surface area contributed by atoms with Crippen molar-refractivity contribution in [3.63, 3.8) is 0 Å². The van der Waals surface area contributed by atoms with Crippen molar-refractivity contribution in [2.75, 3.05) is 26.7 Å². The highest BCUT2D eigenvalue weighted by molar-refractivity contribution is 7.89. The third-order valence-electron chi connectivity index (χ3n) is 4.00. The third-order valence-corrected chi connectivity index (χ3v) is 6.93. The Morgan fingerprint density at radius 3 is 2.90 bits per heavy atom. The summed E-state index contributed by atoms with van der Waals surface area (Å²) in [6, 6.07) is 1.46. The van der Waals surface area contributed by atoms with Crippen LogP contribution in [0.4, 0.5) is 0 Å². The molecule has 1 fully saturated rings. The largest absolute Gasteiger partial charge is 0.465 e. The maximum atomic E-state index is 12.7. The van der Waals surface area contributed by atoms with Gasteiger partial charge in [-0.2, -0.15) is 4.31 Å². The van der Waals surface area contributed by atoms with Crippen LogP contribution in [-0.2, 0) is 14.8 Å². The summed E-state index contributed by atoms with van der Waals surface area (Å²) in [6.07, 6.45) is 0.777. The van der Waals surface area contributed by atoms with Gasteiger partial charge in [0, 0.05) is 13.1 Å². The number of methoxy groups -OCH3 is 1. The Morgan fingerprint density at radius 2 is 2.29 bits per heavy atom. The van der Waals surface area contributed by atoms with Gasteiger partial charge in [-0.05, 0) is 36.2 Å². The van der Waals surface area contributed by atoms with Gasteiger partial charge in [-0.1, -0.05) is 6.92 Å². The first-order valence-corrected chi connectivity index (χ1v) is 9.09. The molecule has 0 aliphatic carbocycles. The maximum Gasteiger partial charge on any atom is 0.349 e. The van der Waals surface area contributed by atoms with Crippen LogP contribution in [0, 0.1) is 11.8 Å². The van der Waals surface area contributed by atoms with E-state index in [0.29, 0.717) is 25.6 Å². The van der Waals surface area contributed by atoms with E-state index in [-0.39, 0.29) is 15.7 Å². The van der Waals surface area contributed by atoms with Crippen molar-refractivity contribution >= 4 is 27.3 Å². The molecular formula is C13H20N2O4S2. The fraction of sp³-hybridized carbons (Fsp3) is 0.615. The van der Waals surface area contributed by atoms with Crippen LogP contribution < -0.4 is 5.73 Å². The summed E-state index contributed by atoms with van der Waals surface area (Å²) in [6.45, 7) is 3.40. The minimum atomic E-state index is -3.68. The average molecular weight is 332 g/mol. The van der Waals surface area contributed by atoms with E-state index >= 15 is 0 Å². The molecule has 2 heterocycles. The first kappa shape index (κ1) is 16.4. The number of carbonyl (C=O) groups excluding carboxylic acids is 1. The quantitative estimate of drug-likeness (QED) is 0.835. The zero-order valence-electron chi connectivity index (χ0n) is 12.1.